The summed E-state index contributed by atoms with van der Waals surface area (Å²) in [5, 5.41) is -0.163. The zero-order valence-corrected chi connectivity index (χ0v) is 5.45. The molecule has 0 N–H and O–H groups in total. The van der Waals surface area contributed by atoms with Gasteiger partial charge in [0.15, 0.2) is 5.78 Å². The lowest BCUT2D eigenvalue weighted by molar-refractivity contribution is -0.119. The molecule has 0 radical (unpaired) electrons. The molecule has 1 fully saturated rings. The van der Waals surface area contributed by atoms with E-state index in [0.717, 1.165) is 19.3 Å². The van der Waals surface area contributed by atoms with E-state index in [9.17, 15) is 4.79 Å². The lowest BCUT2D eigenvalue weighted by atomic mass is 9.99. The van der Waals surface area contributed by atoms with Crippen LogP contribution in [0.2, 0.25) is 0 Å². The lowest BCUT2D eigenvalue weighted by Gasteiger charge is -2.12. The van der Waals surface area contributed by atoms with Crippen LogP contribution < -0.4 is 0 Å². The van der Waals surface area contributed by atoms with Crippen molar-refractivity contribution in [2.75, 3.05) is 0 Å². The zero-order valence-electron chi connectivity index (χ0n) is 4.69. The van der Waals surface area contributed by atoms with E-state index in [2.05, 4.69) is 0 Å². The SMILES string of the molecule is O=C1CCCC[C@H]1Cl. The van der Waals surface area contributed by atoms with Crippen LogP contribution in [0, 0.1) is 0 Å². The molecule has 0 aromatic heterocycles. The molecule has 0 spiro atoms. The van der Waals surface area contributed by atoms with E-state index in [-0.39, 0.29) is 11.2 Å². The van der Waals surface area contributed by atoms with E-state index in [1.54, 1.807) is 0 Å². The van der Waals surface area contributed by atoms with Crippen molar-refractivity contribution in [1.82, 2.24) is 0 Å². The number of alkyl halides is 1. The molecular weight excluding hydrogens is 124 g/mol. The van der Waals surface area contributed by atoms with Gasteiger partial charge in [-0.2, -0.15) is 0 Å². The van der Waals surface area contributed by atoms with Gasteiger partial charge in [0, 0.05) is 6.42 Å². The quantitative estimate of drug-likeness (QED) is 0.459. The van der Waals surface area contributed by atoms with Gasteiger partial charge in [-0.05, 0) is 12.8 Å². The largest absolute Gasteiger partial charge is 0.298 e. The van der Waals surface area contributed by atoms with Crippen molar-refractivity contribution >= 4 is 17.4 Å². The second kappa shape index (κ2) is 2.49. The molecule has 1 rings (SSSR count). The number of ketones is 1. The average Bonchev–Trinajstić information content (AvgIpc) is 1.77. The Labute approximate surface area is 54.0 Å². The minimum atomic E-state index is -0.163. The predicted octanol–water partition coefficient (Wildman–Crippen LogP) is 1.74. The molecular formula is C6H9ClO. The Morgan fingerprint density at radius 1 is 1.50 bits per heavy atom. The van der Waals surface area contributed by atoms with E-state index in [1.807, 2.05) is 0 Å². The van der Waals surface area contributed by atoms with Crippen molar-refractivity contribution in [3.63, 3.8) is 0 Å². The molecule has 0 saturated heterocycles. The minimum absolute atomic E-state index is 0.163. The third kappa shape index (κ3) is 1.22. The Hall–Kier alpha value is -0.0400. The number of rotatable bonds is 0. The molecule has 0 aromatic rings. The molecule has 2 heteroatoms. The molecule has 46 valence electrons. The fraction of sp³-hybridized carbons (Fsp3) is 0.833. The molecule has 8 heavy (non-hydrogen) atoms. The van der Waals surface area contributed by atoms with Crippen molar-refractivity contribution in [3.05, 3.63) is 0 Å². The third-order valence-corrected chi connectivity index (χ3v) is 1.94. The topological polar surface area (TPSA) is 17.1 Å². The van der Waals surface area contributed by atoms with Crippen LogP contribution in [0.25, 0.3) is 0 Å². The molecule has 0 amide bonds. The van der Waals surface area contributed by atoms with Crippen LogP contribution in [0.5, 0.6) is 0 Å². The maximum Gasteiger partial charge on any atom is 0.150 e. The van der Waals surface area contributed by atoms with Gasteiger partial charge in [-0.3, -0.25) is 4.79 Å². The van der Waals surface area contributed by atoms with Gasteiger partial charge in [0.1, 0.15) is 0 Å². The third-order valence-electron chi connectivity index (χ3n) is 1.48. The van der Waals surface area contributed by atoms with Gasteiger partial charge in [0.05, 0.1) is 5.38 Å². The summed E-state index contributed by atoms with van der Waals surface area (Å²) in [4.78, 5) is 10.7. The summed E-state index contributed by atoms with van der Waals surface area (Å²) in [7, 11) is 0. The molecule has 1 aliphatic carbocycles. The summed E-state index contributed by atoms with van der Waals surface area (Å²) in [6.07, 6.45) is 3.76. The van der Waals surface area contributed by atoms with Gasteiger partial charge in [-0.15, -0.1) is 11.6 Å². The zero-order chi connectivity index (χ0) is 5.98. The first kappa shape index (κ1) is 6.09. The summed E-state index contributed by atoms with van der Waals surface area (Å²) in [5.74, 6) is 0.234. The van der Waals surface area contributed by atoms with Crippen molar-refractivity contribution in [2.45, 2.75) is 31.1 Å². The second-order valence-corrected chi connectivity index (χ2v) is 2.71. The summed E-state index contributed by atoms with van der Waals surface area (Å²) in [6.45, 7) is 0. The maximum atomic E-state index is 10.7. The molecule has 1 aliphatic rings. The Bertz CT molecular complexity index is 101. The molecule has 0 aliphatic heterocycles. The van der Waals surface area contributed by atoms with Crippen LogP contribution in [0.4, 0.5) is 0 Å². The summed E-state index contributed by atoms with van der Waals surface area (Å²) in [6, 6.07) is 0. The van der Waals surface area contributed by atoms with Gasteiger partial charge >= 0.3 is 0 Å². The van der Waals surface area contributed by atoms with Crippen LogP contribution in [-0.4, -0.2) is 11.2 Å². The smallest absolute Gasteiger partial charge is 0.150 e. The summed E-state index contributed by atoms with van der Waals surface area (Å²) < 4.78 is 0. The van der Waals surface area contributed by atoms with Crippen LogP contribution in [0.15, 0.2) is 0 Å². The molecule has 0 heterocycles. The molecule has 1 nitrogen and oxygen atoms in total. The Morgan fingerprint density at radius 2 is 2.25 bits per heavy atom. The standard InChI is InChI=1S/C6H9ClO/c7-5-3-1-2-4-6(5)8/h5H,1-4H2/t5-/m1/s1. The highest BCUT2D eigenvalue weighted by Gasteiger charge is 2.18. The highest BCUT2D eigenvalue weighted by Crippen LogP contribution is 2.18. The van der Waals surface area contributed by atoms with Crippen molar-refractivity contribution in [1.29, 1.82) is 0 Å². The first-order chi connectivity index (χ1) is 3.80. The van der Waals surface area contributed by atoms with E-state index in [0.29, 0.717) is 6.42 Å². The van der Waals surface area contributed by atoms with Gasteiger partial charge in [0.25, 0.3) is 0 Å². The number of hydrogen-bond donors (Lipinski definition) is 0. The predicted molar refractivity (Wildman–Crippen MR) is 33.1 cm³/mol. The normalized spacial score (nSPS) is 30.6. The summed E-state index contributed by atoms with van der Waals surface area (Å²) >= 11 is 5.62. The number of Topliss-reactive ketones (excluding diaryl/α,β-unsaturated/α-hetero) is 1. The average molecular weight is 133 g/mol. The first-order valence-corrected chi connectivity index (χ1v) is 3.41. The Morgan fingerprint density at radius 3 is 2.62 bits per heavy atom. The van der Waals surface area contributed by atoms with Crippen molar-refractivity contribution in [3.8, 4) is 0 Å². The van der Waals surface area contributed by atoms with Crippen molar-refractivity contribution in [2.24, 2.45) is 0 Å². The van der Waals surface area contributed by atoms with Gasteiger partial charge in [-0.1, -0.05) is 6.42 Å². The van der Waals surface area contributed by atoms with Crippen molar-refractivity contribution < 1.29 is 4.79 Å². The Kier molecular flexibility index (Phi) is 1.90. The van der Waals surface area contributed by atoms with E-state index < -0.39 is 0 Å². The maximum absolute atomic E-state index is 10.7. The van der Waals surface area contributed by atoms with Gasteiger partial charge in [0.2, 0.25) is 0 Å². The number of carbonyl (C=O) groups is 1. The molecule has 0 unspecified atom stereocenters. The van der Waals surface area contributed by atoms with E-state index >= 15 is 0 Å². The highest BCUT2D eigenvalue weighted by molar-refractivity contribution is 6.31. The second-order valence-electron chi connectivity index (χ2n) is 2.18. The lowest BCUT2D eigenvalue weighted by Crippen LogP contribution is -2.18. The number of carbonyl (C=O) groups excluding carboxylic acids is 1. The number of hydrogen-bond acceptors (Lipinski definition) is 1. The fourth-order valence-electron chi connectivity index (χ4n) is 0.940. The fourth-order valence-corrected chi connectivity index (χ4v) is 1.20. The minimum Gasteiger partial charge on any atom is -0.298 e. The molecule has 1 saturated carbocycles. The number of halogens is 1. The van der Waals surface area contributed by atoms with Crippen LogP contribution in [-0.2, 0) is 4.79 Å². The van der Waals surface area contributed by atoms with Gasteiger partial charge in [-0.25, -0.2) is 0 Å². The van der Waals surface area contributed by atoms with E-state index in [1.165, 1.54) is 0 Å². The molecule has 0 aromatic carbocycles. The van der Waals surface area contributed by atoms with Gasteiger partial charge < -0.3 is 0 Å². The summed E-state index contributed by atoms with van der Waals surface area (Å²) in [5.41, 5.74) is 0. The Balaban J connectivity index is 2.39. The van der Waals surface area contributed by atoms with Crippen LogP contribution in [0.3, 0.4) is 0 Å². The first-order valence-electron chi connectivity index (χ1n) is 2.97. The van der Waals surface area contributed by atoms with Crippen LogP contribution >= 0.6 is 11.6 Å². The van der Waals surface area contributed by atoms with Crippen LogP contribution in [0.1, 0.15) is 25.7 Å². The molecule has 1 atom stereocenters. The van der Waals surface area contributed by atoms with E-state index in [4.69, 9.17) is 11.6 Å². The highest BCUT2D eigenvalue weighted by atomic mass is 35.5. The monoisotopic (exact) mass is 132 g/mol. The molecule has 0 bridgehead atoms.